The van der Waals surface area contributed by atoms with Crippen molar-refractivity contribution in [2.24, 2.45) is 5.92 Å². The van der Waals surface area contributed by atoms with E-state index in [0.29, 0.717) is 5.92 Å². The summed E-state index contributed by atoms with van der Waals surface area (Å²) in [7, 11) is 3.32. The Hall–Kier alpha value is 0.400. The van der Waals surface area contributed by atoms with Crippen LogP contribution < -0.4 is 0 Å². The molecule has 0 aromatic rings. The van der Waals surface area contributed by atoms with Gasteiger partial charge in [0, 0.05) is 26.0 Å². The summed E-state index contributed by atoms with van der Waals surface area (Å²) in [5, 5.41) is 0.996. The highest BCUT2D eigenvalue weighted by Gasteiger charge is 2.09. The molecule has 62 valence electrons. The number of methoxy groups -OCH3 is 2. The van der Waals surface area contributed by atoms with Crippen LogP contribution in [0.3, 0.4) is 0 Å². The van der Waals surface area contributed by atoms with E-state index in [1.807, 2.05) is 0 Å². The van der Waals surface area contributed by atoms with Gasteiger partial charge >= 0.3 is 0 Å². The quantitative estimate of drug-likeness (QED) is 0.511. The Bertz CT molecular complexity index is 74.0. The van der Waals surface area contributed by atoms with Crippen LogP contribution in [0.1, 0.15) is 13.3 Å². The van der Waals surface area contributed by atoms with Gasteiger partial charge in [0.15, 0.2) is 6.29 Å². The lowest BCUT2D eigenvalue weighted by Gasteiger charge is -2.16. The third kappa shape index (κ3) is 4.25. The predicted octanol–water partition coefficient (Wildman–Crippen LogP) is 2.03. The smallest absolute Gasteiger partial charge is 0.157 e. The van der Waals surface area contributed by atoms with Crippen molar-refractivity contribution in [3.05, 3.63) is 0 Å². The van der Waals surface area contributed by atoms with Gasteiger partial charge in [-0.3, -0.25) is 0 Å². The first-order valence-corrected chi connectivity index (χ1v) is 4.48. The van der Waals surface area contributed by atoms with Crippen LogP contribution in [-0.2, 0) is 9.47 Å². The molecular weight excluding hydrogens is 196 g/mol. The summed E-state index contributed by atoms with van der Waals surface area (Å²) in [6.45, 7) is 2.15. The molecule has 3 heteroatoms. The zero-order chi connectivity index (χ0) is 7.98. The fraction of sp³-hybridized carbons (Fsp3) is 1.00. The van der Waals surface area contributed by atoms with Gasteiger partial charge in [-0.15, -0.1) is 0 Å². The molecular formula is C7H15BrO2. The number of ether oxygens (including phenoxy) is 2. The largest absolute Gasteiger partial charge is 0.356 e. The number of rotatable bonds is 5. The second kappa shape index (κ2) is 6.13. The molecule has 0 aliphatic carbocycles. The van der Waals surface area contributed by atoms with Crippen LogP contribution >= 0.6 is 15.9 Å². The van der Waals surface area contributed by atoms with Gasteiger partial charge in [-0.2, -0.15) is 0 Å². The average Bonchev–Trinajstić information content (AvgIpc) is 1.99. The van der Waals surface area contributed by atoms with Gasteiger partial charge in [-0.05, 0) is 5.92 Å². The molecule has 0 aliphatic rings. The van der Waals surface area contributed by atoms with Gasteiger partial charge < -0.3 is 9.47 Å². The molecule has 0 radical (unpaired) electrons. The highest BCUT2D eigenvalue weighted by atomic mass is 79.9. The second-order valence-corrected chi connectivity index (χ2v) is 3.04. The maximum atomic E-state index is 5.03. The lowest BCUT2D eigenvalue weighted by molar-refractivity contribution is -0.111. The Morgan fingerprint density at radius 1 is 1.30 bits per heavy atom. The molecule has 0 saturated carbocycles. The van der Waals surface area contributed by atoms with Gasteiger partial charge in [-0.25, -0.2) is 0 Å². The Morgan fingerprint density at radius 2 is 1.80 bits per heavy atom. The fourth-order valence-corrected chi connectivity index (χ4v) is 0.945. The predicted molar refractivity (Wildman–Crippen MR) is 45.4 cm³/mol. The average molecular weight is 211 g/mol. The molecule has 0 amide bonds. The second-order valence-electron chi connectivity index (χ2n) is 2.40. The molecule has 0 N–H and O–H groups in total. The van der Waals surface area contributed by atoms with Crippen LogP contribution in [0.2, 0.25) is 0 Å². The van der Waals surface area contributed by atoms with E-state index in [4.69, 9.17) is 9.47 Å². The van der Waals surface area contributed by atoms with E-state index in [0.717, 1.165) is 11.8 Å². The topological polar surface area (TPSA) is 18.5 Å². The van der Waals surface area contributed by atoms with Crippen molar-refractivity contribution in [1.29, 1.82) is 0 Å². The Kier molecular flexibility index (Phi) is 6.38. The molecule has 0 rings (SSSR count). The zero-order valence-electron chi connectivity index (χ0n) is 6.76. The summed E-state index contributed by atoms with van der Waals surface area (Å²) in [4.78, 5) is 0. The summed E-state index contributed by atoms with van der Waals surface area (Å²) in [5.74, 6) is 0.602. The SMILES string of the molecule is COC(CC(C)CBr)OC. The number of hydrogen-bond donors (Lipinski definition) is 0. The Balaban J connectivity index is 3.41. The molecule has 10 heavy (non-hydrogen) atoms. The fourth-order valence-electron chi connectivity index (χ4n) is 0.680. The maximum Gasteiger partial charge on any atom is 0.157 e. The Morgan fingerprint density at radius 3 is 2.10 bits per heavy atom. The van der Waals surface area contributed by atoms with Crippen molar-refractivity contribution < 1.29 is 9.47 Å². The maximum absolute atomic E-state index is 5.03. The third-order valence-corrected chi connectivity index (χ3v) is 2.49. The normalized spacial score (nSPS) is 14.1. The third-order valence-electron chi connectivity index (χ3n) is 1.38. The molecule has 0 fully saturated rings. The molecule has 0 bridgehead atoms. The van der Waals surface area contributed by atoms with Crippen molar-refractivity contribution in [3.63, 3.8) is 0 Å². The van der Waals surface area contributed by atoms with Crippen LogP contribution in [0.25, 0.3) is 0 Å². The summed E-state index contributed by atoms with van der Waals surface area (Å²) in [5.41, 5.74) is 0. The molecule has 0 aromatic carbocycles. The number of alkyl halides is 1. The molecule has 1 atom stereocenters. The van der Waals surface area contributed by atoms with E-state index in [1.165, 1.54) is 0 Å². The first-order chi connectivity index (χ1) is 4.74. The molecule has 0 spiro atoms. The number of hydrogen-bond acceptors (Lipinski definition) is 2. The van der Waals surface area contributed by atoms with Crippen LogP contribution in [0.15, 0.2) is 0 Å². The minimum Gasteiger partial charge on any atom is -0.356 e. The van der Waals surface area contributed by atoms with Crippen molar-refractivity contribution in [2.75, 3.05) is 19.5 Å². The van der Waals surface area contributed by atoms with Crippen molar-refractivity contribution >= 4 is 15.9 Å². The zero-order valence-corrected chi connectivity index (χ0v) is 8.35. The monoisotopic (exact) mass is 210 g/mol. The van der Waals surface area contributed by atoms with Crippen LogP contribution in [-0.4, -0.2) is 25.8 Å². The van der Waals surface area contributed by atoms with E-state index in [9.17, 15) is 0 Å². The van der Waals surface area contributed by atoms with E-state index in [-0.39, 0.29) is 6.29 Å². The summed E-state index contributed by atoms with van der Waals surface area (Å²) in [6, 6.07) is 0. The van der Waals surface area contributed by atoms with Crippen LogP contribution in [0.4, 0.5) is 0 Å². The first-order valence-electron chi connectivity index (χ1n) is 3.36. The van der Waals surface area contributed by atoms with E-state index in [1.54, 1.807) is 14.2 Å². The van der Waals surface area contributed by atoms with E-state index in [2.05, 4.69) is 22.9 Å². The first kappa shape index (κ1) is 10.4. The molecule has 0 saturated heterocycles. The minimum atomic E-state index is -0.0486. The highest BCUT2D eigenvalue weighted by molar-refractivity contribution is 9.09. The minimum absolute atomic E-state index is 0.0486. The van der Waals surface area contributed by atoms with Crippen molar-refractivity contribution in [3.8, 4) is 0 Å². The van der Waals surface area contributed by atoms with Crippen molar-refractivity contribution in [1.82, 2.24) is 0 Å². The Labute approximate surface area is 71.0 Å². The standard InChI is InChI=1S/C7H15BrO2/c1-6(5-8)4-7(9-2)10-3/h6-7H,4-5H2,1-3H3. The lowest BCUT2D eigenvalue weighted by atomic mass is 10.1. The van der Waals surface area contributed by atoms with Gasteiger partial charge in [-0.1, -0.05) is 22.9 Å². The van der Waals surface area contributed by atoms with Gasteiger partial charge in [0.2, 0.25) is 0 Å². The molecule has 0 heterocycles. The van der Waals surface area contributed by atoms with E-state index < -0.39 is 0 Å². The van der Waals surface area contributed by atoms with E-state index >= 15 is 0 Å². The van der Waals surface area contributed by atoms with Gasteiger partial charge in [0.25, 0.3) is 0 Å². The van der Waals surface area contributed by atoms with Crippen LogP contribution in [0.5, 0.6) is 0 Å². The molecule has 0 aliphatic heterocycles. The molecule has 1 unspecified atom stereocenters. The summed E-state index contributed by atoms with van der Waals surface area (Å²) >= 11 is 3.39. The summed E-state index contributed by atoms with van der Waals surface area (Å²) in [6.07, 6.45) is 0.894. The van der Waals surface area contributed by atoms with Gasteiger partial charge in [0.1, 0.15) is 0 Å². The van der Waals surface area contributed by atoms with Crippen molar-refractivity contribution in [2.45, 2.75) is 19.6 Å². The summed E-state index contributed by atoms with van der Waals surface area (Å²) < 4.78 is 10.1. The highest BCUT2D eigenvalue weighted by Crippen LogP contribution is 2.10. The lowest BCUT2D eigenvalue weighted by Crippen LogP contribution is -2.17. The molecule has 2 nitrogen and oxygen atoms in total. The molecule has 0 aromatic heterocycles. The van der Waals surface area contributed by atoms with Crippen LogP contribution in [0, 0.1) is 5.92 Å². The number of halogens is 1. The van der Waals surface area contributed by atoms with Gasteiger partial charge in [0.05, 0.1) is 0 Å².